The number of hydrogen-bond donors (Lipinski definition) is 0. The average molecular weight is 413 g/mol. The Labute approximate surface area is 152 Å². The van der Waals surface area contributed by atoms with Crippen molar-refractivity contribution in [1.82, 2.24) is 0 Å². The van der Waals surface area contributed by atoms with Gasteiger partial charge >= 0.3 is 6.61 Å². The molecule has 0 saturated carbocycles. The molecule has 0 aliphatic rings. The monoisotopic (exact) mass is 412 g/mol. The standard InChI is InChI=1S/C18H15BrF2O4/c1-23-15-8-5-12(10-13(15)19)14(22)6-3-11-4-7-16(25-18(20)21)17(9-11)24-2/h3-10,18H,1-2H3/b6-3+. The minimum Gasteiger partial charge on any atom is -0.496 e. The summed E-state index contributed by atoms with van der Waals surface area (Å²) < 4.78 is 39.8. The van der Waals surface area contributed by atoms with Crippen LogP contribution < -0.4 is 14.2 Å². The van der Waals surface area contributed by atoms with E-state index in [0.717, 1.165) is 0 Å². The number of carbonyl (C=O) groups is 1. The Morgan fingerprint density at radius 2 is 1.72 bits per heavy atom. The summed E-state index contributed by atoms with van der Waals surface area (Å²) in [7, 11) is 2.89. The fourth-order valence-corrected chi connectivity index (χ4v) is 2.61. The Morgan fingerprint density at radius 3 is 2.32 bits per heavy atom. The van der Waals surface area contributed by atoms with Crippen molar-refractivity contribution in [1.29, 1.82) is 0 Å². The van der Waals surface area contributed by atoms with Crippen LogP contribution in [0.5, 0.6) is 17.2 Å². The molecular formula is C18H15BrF2O4. The molecule has 25 heavy (non-hydrogen) atoms. The number of methoxy groups -OCH3 is 2. The molecule has 0 bridgehead atoms. The van der Waals surface area contributed by atoms with Crippen LogP contribution >= 0.6 is 15.9 Å². The molecule has 0 N–H and O–H groups in total. The number of rotatable bonds is 7. The Bertz CT molecular complexity index is 791. The van der Waals surface area contributed by atoms with E-state index in [-0.39, 0.29) is 17.3 Å². The third-order valence-electron chi connectivity index (χ3n) is 3.27. The molecule has 0 aromatic heterocycles. The molecule has 0 heterocycles. The van der Waals surface area contributed by atoms with Crippen molar-refractivity contribution in [3.05, 3.63) is 58.1 Å². The van der Waals surface area contributed by atoms with Crippen LogP contribution in [0.4, 0.5) is 8.78 Å². The number of ketones is 1. The van der Waals surface area contributed by atoms with Crippen molar-refractivity contribution in [3.63, 3.8) is 0 Å². The van der Waals surface area contributed by atoms with Crippen LogP contribution in [0.25, 0.3) is 6.08 Å². The van der Waals surface area contributed by atoms with Crippen LogP contribution in [0.15, 0.2) is 46.9 Å². The first kappa shape index (κ1) is 18.9. The SMILES string of the molecule is COc1ccc(C(=O)/C=C/c2ccc(OC(F)F)c(OC)c2)cc1Br. The molecule has 2 rings (SSSR count). The molecule has 2 aromatic rings. The van der Waals surface area contributed by atoms with Gasteiger partial charge in [0.1, 0.15) is 5.75 Å². The molecule has 0 radical (unpaired) electrons. The zero-order chi connectivity index (χ0) is 18.4. The number of hydrogen-bond acceptors (Lipinski definition) is 4. The summed E-state index contributed by atoms with van der Waals surface area (Å²) in [5.41, 5.74) is 1.09. The highest BCUT2D eigenvalue weighted by molar-refractivity contribution is 9.10. The van der Waals surface area contributed by atoms with Crippen molar-refractivity contribution in [2.75, 3.05) is 14.2 Å². The van der Waals surface area contributed by atoms with Crippen molar-refractivity contribution in [2.24, 2.45) is 0 Å². The van der Waals surface area contributed by atoms with Crippen LogP contribution in [0.1, 0.15) is 15.9 Å². The molecule has 0 atom stereocenters. The normalized spacial score (nSPS) is 11.0. The minimum atomic E-state index is -2.94. The van der Waals surface area contributed by atoms with Crippen molar-refractivity contribution in [3.8, 4) is 17.2 Å². The number of ether oxygens (including phenoxy) is 3. The quantitative estimate of drug-likeness (QED) is 0.475. The molecule has 132 valence electrons. The van der Waals surface area contributed by atoms with Crippen LogP contribution in [-0.4, -0.2) is 26.6 Å². The zero-order valence-corrected chi connectivity index (χ0v) is 15.0. The van der Waals surface area contributed by atoms with E-state index in [1.165, 1.54) is 32.4 Å². The summed E-state index contributed by atoms with van der Waals surface area (Å²) in [6.45, 7) is -2.94. The lowest BCUT2D eigenvalue weighted by Gasteiger charge is -2.10. The Hall–Kier alpha value is -2.41. The highest BCUT2D eigenvalue weighted by atomic mass is 79.9. The van der Waals surface area contributed by atoms with Gasteiger partial charge in [0.25, 0.3) is 0 Å². The van der Waals surface area contributed by atoms with Gasteiger partial charge < -0.3 is 14.2 Å². The first-order valence-corrected chi connectivity index (χ1v) is 7.92. The second-order valence-electron chi connectivity index (χ2n) is 4.84. The van der Waals surface area contributed by atoms with Gasteiger partial charge in [-0.3, -0.25) is 4.79 Å². The number of carbonyl (C=O) groups excluding carboxylic acids is 1. The van der Waals surface area contributed by atoms with Crippen molar-refractivity contribution >= 4 is 27.8 Å². The molecule has 0 fully saturated rings. The van der Waals surface area contributed by atoms with E-state index in [9.17, 15) is 13.6 Å². The van der Waals surface area contributed by atoms with Crippen molar-refractivity contribution in [2.45, 2.75) is 6.61 Å². The smallest absolute Gasteiger partial charge is 0.387 e. The van der Waals surface area contributed by atoms with E-state index in [1.54, 1.807) is 30.3 Å². The van der Waals surface area contributed by atoms with Gasteiger partial charge in [0.2, 0.25) is 0 Å². The van der Waals surface area contributed by atoms with Gasteiger partial charge in [0, 0.05) is 5.56 Å². The highest BCUT2D eigenvalue weighted by Crippen LogP contribution is 2.30. The molecular weight excluding hydrogens is 398 g/mol. The van der Waals surface area contributed by atoms with E-state index in [2.05, 4.69) is 20.7 Å². The Morgan fingerprint density at radius 1 is 1.04 bits per heavy atom. The van der Waals surface area contributed by atoms with E-state index in [4.69, 9.17) is 9.47 Å². The third-order valence-corrected chi connectivity index (χ3v) is 3.89. The van der Waals surface area contributed by atoms with Gasteiger partial charge in [-0.15, -0.1) is 0 Å². The number of halogens is 3. The third kappa shape index (κ3) is 5.03. The van der Waals surface area contributed by atoms with E-state index in [0.29, 0.717) is 21.3 Å². The van der Waals surface area contributed by atoms with Gasteiger partial charge in [-0.1, -0.05) is 12.1 Å². The molecule has 0 amide bonds. The second kappa shape index (κ2) is 8.62. The largest absolute Gasteiger partial charge is 0.496 e. The molecule has 0 saturated heterocycles. The number of alkyl halides is 2. The summed E-state index contributed by atoms with van der Waals surface area (Å²) in [6, 6.07) is 9.41. The first-order valence-electron chi connectivity index (χ1n) is 7.13. The maximum atomic E-state index is 12.3. The molecule has 2 aromatic carbocycles. The Balaban J connectivity index is 2.18. The van der Waals surface area contributed by atoms with E-state index in [1.807, 2.05) is 0 Å². The summed E-state index contributed by atoms with van der Waals surface area (Å²) >= 11 is 3.33. The predicted molar refractivity (Wildman–Crippen MR) is 93.7 cm³/mol. The lowest BCUT2D eigenvalue weighted by molar-refractivity contribution is -0.0512. The molecule has 4 nitrogen and oxygen atoms in total. The molecule has 0 aliphatic carbocycles. The summed E-state index contributed by atoms with van der Waals surface area (Å²) in [5.74, 6) is 0.497. The van der Waals surface area contributed by atoms with Gasteiger partial charge in [-0.05, 0) is 57.9 Å². The summed E-state index contributed by atoms with van der Waals surface area (Å²) in [5, 5.41) is 0. The number of benzene rings is 2. The minimum absolute atomic E-state index is 0.0694. The lowest BCUT2D eigenvalue weighted by Crippen LogP contribution is -2.03. The summed E-state index contributed by atoms with van der Waals surface area (Å²) in [4.78, 5) is 12.2. The van der Waals surface area contributed by atoms with Gasteiger partial charge in [0.05, 0.1) is 18.7 Å². The highest BCUT2D eigenvalue weighted by Gasteiger charge is 2.11. The fraction of sp³-hybridized carbons (Fsp3) is 0.167. The molecule has 7 heteroatoms. The van der Waals surface area contributed by atoms with Gasteiger partial charge in [-0.2, -0.15) is 8.78 Å². The lowest BCUT2D eigenvalue weighted by atomic mass is 10.1. The first-order chi connectivity index (χ1) is 11.9. The molecule has 0 spiro atoms. The molecule has 0 aliphatic heterocycles. The maximum Gasteiger partial charge on any atom is 0.387 e. The van der Waals surface area contributed by atoms with Crippen LogP contribution in [0.2, 0.25) is 0 Å². The second-order valence-corrected chi connectivity index (χ2v) is 5.69. The van der Waals surface area contributed by atoms with Crippen molar-refractivity contribution < 1.29 is 27.8 Å². The fourth-order valence-electron chi connectivity index (χ4n) is 2.07. The van der Waals surface area contributed by atoms with Crippen LogP contribution in [-0.2, 0) is 0 Å². The Kier molecular flexibility index (Phi) is 6.52. The average Bonchev–Trinajstić information content (AvgIpc) is 2.59. The van der Waals surface area contributed by atoms with Crippen LogP contribution in [0, 0.1) is 0 Å². The van der Waals surface area contributed by atoms with E-state index < -0.39 is 6.61 Å². The maximum absolute atomic E-state index is 12.3. The molecule has 0 unspecified atom stereocenters. The van der Waals surface area contributed by atoms with E-state index >= 15 is 0 Å². The predicted octanol–water partition coefficient (Wildman–Crippen LogP) is 4.96. The van der Waals surface area contributed by atoms with Gasteiger partial charge in [0.15, 0.2) is 17.3 Å². The topological polar surface area (TPSA) is 44.8 Å². The van der Waals surface area contributed by atoms with Gasteiger partial charge in [-0.25, -0.2) is 0 Å². The van der Waals surface area contributed by atoms with Crippen LogP contribution in [0.3, 0.4) is 0 Å². The zero-order valence-electron chi connectivity index (χ0n) is 13.5. The summed E-state index contributed by atoms with van der Waals surface area (Å²) in [6.07, 6.45) is 2.95. The number of allylic oxidation sites excluding steroid dienone is 1.